The zero-order chi connectivity index (χ0) is 39.5. The van der Waals surface area contributed by atoms with Gasteiger partial charge in [-0.25, -0.2) is 15.0 Å². The molecule has 3 aromatic heterocycles. The lowest BCUT2D eigenvalue weighted by Gasteiger charge is -2.37. The van der Waals surface area contributed by atoms with Crippen LogP contribution in [0.3, 0.4) is 0 Å². The third-order valence-electron chi connectivity index (χ3n) is 12.4. The molecule has 58 heavy (non-hydrogen) atoms. The van der Waals surface area contributed by atoms with Gasteiger partial charge in [0.25, 0.3) is 0 Å². The highest BCUT2D eigenvalue weighted by Crippen LogP contribution is 2.42. The molecule has 1 N–H and O–H groups in total. The van der Waals surface area contributed by atoms with Gasteiger partial charge >= 0.3 is 0 Å². The van der Waals surface area contributed by atoms with Crippen LogP contribution < -0.4 is 5.32 Å². The van der Waals surface area contributed by atoms with Gasteiger partial charge in [-0.1, -0.05) is 136 Å². The minimum Gasteiger partial charge on any atom is -0.456 e. The molecule has 1 aliphatic rings. The first kappa shape index (κ1) is 35.6. The highest BCUT2D eigenvalue weighted by atomic mass is 16.3. The number of allylic oxidation sites excluding steroid dienone is 3. The highest BCUT2D eigenvalue weighted by molar-refractivity contribution is 6.13. The highest BCUT2D eigenvalue weighted by Gasteiger charge is 2.33. The Bertz CT molecular complexity index is 3080. The van der Waals surface area contributed by atoms with Crippen LogP contribution in [-0.4, -0.2) is 20.5 Å². The average Bonchev–Trinajstić information content (AvgIpc) is 3.92. The molecule has 1 aliphatic carbocycles. The molecule has 0 saturated heterocycles. The number of hydrogen-bond donors (Lipinski definition) is 1. The standard InChI is InChI=1S/C52H44N4O2/c1-31-25-26-36(33(31)3)30-52(5,34(4)38-18-10-9-15-32(38)2)56-37-27-28-45-43(29-37)47-41(21-14-24-46(47)57-45)50-53-49(35-16-7-6-8-17-35)54-51(55-50)42-22-13-20-40-39-19-11-12-23-44(39)58-48(40)42/h6-31,33-34,56H,1-5H3/b36-30-/t31?,33?,34-,52?/m1/s1. The Labute approximate surface area is 338 Å². The van der Waals surface area contributed by atoms with Gasteiger partial charge in [0.15, 0.2) is 17.5 Å². The minimum atomic E-state index is -0.411. The lowest BCUT2D eigenvalue weighted by Crippen LogP contribution is -2.39. The zero-order valence-corrected chi connectivity index (χ0v) is 33.3. The van der Waals surface area contributed by atoms with E-state index in [4.69, 9.17) is 23.8 Å². The van der Waals surface area contributed by atoms with Crippen LogP contribution in [0.5, 0.6) is 0 Å². The Morgan fingerprint density at radius 2 is 1.33 bits per heavy atom. The summed E-state index contributed by atoms with van der Waals surface area (Å²) in [7, 11) is 0. The van der Waals surface area contributed by atoms with Crippen LogP contribution in [0.15, 0.2) is 166 Å². The number of benzene rings is 6. The van der Waals surface area contributed by atoms with E-state index < -0.39 is 5.54 Å². The third kappa shape index (κ3) is 6.08. The van der Waals surface area contributed by atoms with Crippen molar-refractivity contribution in [3.63, 3.8) is 0 Å². The van der Waals surface area contributed by atoms with Crippen molar-refractivity contribution < 1.29 is 8.83 Å². The molecule has 6 nitrogen and oxygen atoms in total. The molecule has 3 heterocycles. The largest absolute Gasteiger partial charge is 0.456 e. The predicted octanol–water partition coefficient (Wildman–Crippen LogP) is 13.7. The lowest BCUT2D eigenvalue weighted by atomic mass is 9.77. The Kier molecular flexibility index (Phi) is 8.59. The number of para-hydroxylation sites is 2. The maximum atomic E-state index is 6.55. The molecule has 0 fully saturated rings. The van der Waals surface area contributed by atoms with Gasteiger partial charge in [-0.2, -0.15) is 0 Å². The van der Waals surface area contributed by atoms with Crippen molar-refractivity contribution in [2.24, 2.45) is 11.8 Å². The Morgan fingerprint density at radius 3 is 2.14 bits per heavy atom. The summed E-state index contributed by atoms with van der Waals surface area (Å²) < 4.78 is 13.0. The summed E-state index contributed by atoms with van der Waals surface area (Å²) in [6, 6.07) is 45.6. The predicted molar refractivity (Wildman–Crippen MR) is 238 cm³/mol. The normalized spacial score (nSPS) is 17.8. The zero-order valence-electron chi connectivity index (χ0n) is 33.3. The molecular weight excluding hydrogens is 713 g/mol. The van der Waals surface area contributed by atoms with Gasteiger partial charge in [0.2, 0.25) is 0 Å². The fourth-order valence-electron chi connectivity index (χ4n) is 8.73. The van der Waals surface area contributed by atoms with E-state index in [1.807, 2.05) is 72.8 Å². The first-order chi connectivity index (χ1) is 28.2. The summed E-state index contributed by atoms with van der Waals surface area (Å²) in [5.41, 5.74) is 10.3. The number of furan rings is 2. The second-order valence-corrected chi connectivity index (χ2v) is 16.1. The summed E-state index contributed by atoms with van der Waals surface area (Å²) >= 11 is 0. The molecule has 6 aromatic carbocycles. The van der Waals surface area contributed by atoms with Gasteiger partial charge in [0.05, 0.1) is 11.1 Å². The van der Waals surface area contributed by atoms with Crippen molar-refractivity contribution in [1.29, 1.82) is 0 Å². The molecule has 0 spiro atoms. The van der Waals surface area contributed by atoms with Crippen molar-refractivity contribution in [3.8, 4) is 34.2 Å². The van der Waals surface area contributed by atoms with Crippen LogP contribution in [0.1, 0.15) is 44.7 Å². The fourth-order valence-corrected chi connectivity index (χ4v) is 8.73. The Balaban J connectivity index is 1.14. The monoisotopic (exact) mass is 756 g/mol. The van der Waals surface area contributed by atoms with Gasteiger partial charge in [0.1, 0.15) is 22.3 Å². The van der Waals surface area contributed by atoms with E-state index in [0.717, 1.165) is 66.3 Å². The molecule has 10 rings (SSSR count). The molecular formula is C52H44N4O2. The first-order valence-corrected chi connectivity index (χ1v) is 20.2. The first-order valence-electron chi connectivity index (χ1n) is 20.2. The van der Waals surface area contributed by atoms with E-state index >= 15 is 0 Å². The van der Waals surface area contributed by atoms with Crippen molar-refractivity contribution in [2.75, 3.05) is 5.32 Å². The van der Waals surface area contributed by atoms with Gasteiger partial charge in [-0.15, -0.1) is 0 Å². The topological polar surface area (TPSA) is 77.0 Å². The van der Waals surface area contributed by atoms with Crippen molar-refractivity contribution in [3.05, 3.63) is 168 Å². The number of rotatable bonds is 8. The number of anilines is 1. The smallest absolute Gasteiger partial charge is 0.167 e. The van der Waals surface area contributed by atoms with Crippen LogP contribution in [0.25, 0.3) is 78.0 Å². The molecule has 0 radical (unpaired) electrons. The SMILES string of the molecule is Cc1ccccc1[C@@H](C)C(C)(/C=C1/C=CC(C)C1C)Nc1ccc2oc3cccc(-c4nc(-c5ccccc5)nc(-c5cccc6c5oc5ccccc56)n4)c3c2c1. The van der Waals surface area contributed by atoms with Crippen molar-refractivity contribution in [1.82, 2.24) is 15.0 Å². The van der Waals surface area contributed by atoms with Gasteiger partial charge in [-0.05, 0) is 78.8 Å². The fraction of sp³-hybridized carbons (Fsp3) is 0.173. The van der Waals surface area contributed by atoms with Crippen molar-refractivity contribution in [2.45, 2.75) is 46.1 Å². The number of fused-ring (bicyclic) bond motifs is 6. The van der Waals surface area contributed by atoms with E-state index in [1.54, 1.807) is 0 Å². The van der Waals surface area contributed by atoms with Gasteiger partial charge < -0.3 is 14.2 Å². The Hall–Kier alpha value is -6.79. The second-order valence-electron chi connectivity index (χ2n) is 16.1. The summed E-state index contributed by atoms with van der Waals surface area (Å²) in [6.07, 6.45) is 7.09. The van der Waals surface area contributed by atoms with Crippen LogP contribution >= 0.6 is 0 Å². The van der Waals surface area contributed by atoms with Crippen molar-refractivity contribution >= 4 is 49.6 Å². The third-order valence-corrected chi connectivity index (χ3v) is 12.4. The summed E-state index contributed by atoms with van der Waals surface area (Å²) in [5, 5.41) is 8.05. The molecule has 4 atom stereocenters. The molecule has 0 saturated carbocycles. The Morgan fingerprint density at radius 1 is 0.655 bits per heavy atom. The van der Waals surface area contributed by atoms with E-state index in [0.29, 0.717) is 29.3 Å². The molecule has 6 heteroatoms. The van der Waals surface area contributed by atoms with E-state index in [1.165, 1.54) is 16.7 Å². The van der Waals surface area contributed by atoms with Crippen LogP contribution in [0.4, 0.5) is 5.69 Å². The minimum absolute atomic E-state index is 0.168. The lowest BCUT2D eigenvalue weighted by molar-refractivity contribution is 0.507. The number of nitrogens with zero attached hydrogens (tertiary/aromatic N) is 3. The molecule has 0 amide bonds. The summed E-state index contributed by atoms with van der Waals surface area (Å²) in [6.45, 7) is 11.5. The molecule has 3 unspecified atom stereocenters. The number of hydrogen-bond acceptors (Lipinski definition) is 6. The molecule has 284 valence electrons. The maximum absolute atomic E-state index is 6.55. The quantitative estimate of drug-likeness (QED) is 0.166. The summed E-state index contributed by atoms with van der Waals surface area (Å²) in [4.78, 5) is 15.4. The van der Waals surface area contributed by atoms with E-state index in [9.17, 15) is 0 Å². The maximum Gasteiger partial charge on any atom is 0.167 e. The number of aryl methyl sites for hydroxylation is 1. The van der Waals surface area contributed by atoms with Gasteiger partial charge in [0, 0.05) is 44.3 Å². The number of nitrogens with one attached hydrogen (secondary N) is 1. The second kappa shape index (κ2) is 14.0. The van der Waals surface area contributed by atoms with Crippen LogP contribution in [-0.2, 0) is 0 Å². The molecule has 0 bridgehead atoms. The average molecular weight is 757 g/mol. The van der Waals surface area contributed by atoms with E-state index in [-0.39, 0.29) is 5.92 Å². The van der Waals surface area contributed by atoms with Crippen LogP contribution in [0, 0.1) is 18.8 Å². The number of aromatic nitrogens is 3. The molecule has 0 aliphatic heterocycles. The van der Waals surface area contributed by atoms with Gasteiger partial charge in [-0.3, -0.25) is 0 Å². The summed E-state index contributed by atoms with van der Waals surface area (Å²) in [5.74, 6) is 2.79. The molecule has 9 aromatic rings. The van der Waals surface area contributed by atoms with E-state index in [2.05, 4.69) is 119 Å². The van der Waals surface area contributed by atoms with Crippen LogP contribution in [0.2, 0.25) is 0 Å².